The topological polar surface area (TPSA) is 127 Å². The summed E-state index contributed by atoms with van der Waals surface area (Å²) in [5.41, 5.74) is 1.28. The number of rotatable bonds is 23. The van der Waals surface area contributed by atoms with Gasteiger partial charge in [0.25, 0.3) is 20.2 Å². The van der Waals surface area contributed by atoms with Gasteiger partial charge in [-0.2, -0.15) is 16.8 Å². The van der Waals surface area contributed by atoms with Crippen molar-refractivity contribution in [3.8, 4) is 0 Å². The highest BCUT2D eigenvalue weighted by atomic mass is 32.2. The lowest BCUT2D eigenvalue weighted by atomic mass is 10.0. The van der Waals surface area contributed by atoms with Crippen molar-refractivity contribution in [2.24, 2.45) is 0 Å². The van der Waals surface area contributed by atoms with Gasteiger partial charge < -0.3 is 4.57 Å². The number of unbranched alkanes of at least 4 members (excludes halogenated alkanes) is 15. The summed E-state index contributed by atoms with van der Waals surface area (Å²) >= 11 is 1.64. The van der Waals surface area contributed by atoms with Crippen LogP contribution in [0.4, 0.5) is 0 Å². The lowest BCUT2D eigenvalue weighted by Crippen LogP contribution is -2.05. The van der Waals surface area contributed by atoms with E-state index < -0.39 is 20.2 Å². The smallest absolute Gasteiger partial charge is 0.294 e. The summed E-state index contributed by atoms with van der Waals surface area (Å²) in [6.07, 6.45) is 20.0. The van der Waals surface area contributed by atoms with Crippen LogP contribution in [0.2, 0.25) is 0 Å². The Morgan fingerprint density at radius 1 is 0.744 bits per heavy atom. The zero-order chi connectivity index (χ0) is 28.6. The van der Waals surface area contributed by atoms with E-state index in [1.54, 1.807) is 17.8 Å². The van der Waals surface area contributed by atoms with E-state index in [1.165, 1.54) is 95.6 Å². The van der Waals surface area contributed by atoms with E-state index in [0.717, 1.165) is 17.3 Å². The second kappa shape index (κ2) is 18.3. The molecule has 0 bridgehead atoms. The van der Waals surface area contributed by atoms with Crippen molar-refractivity contribution >= 4 is 43.0 Å². The molecular formula is C28H48N2O6S3. The second-order valence-electron chi connectivity index (χ2n) is 10.5. The Kier molecular flexibility index (Phi) is 16.0. The summed E-state index contributed by atoms with van der Waals surface area (Å²) in [4.78, 5) is 4.52. The SMILES string of the molecule is CCCCCCCCCCCCCCCCSc1nc2ccc(S(=O)(=O)O)cc2n1CCCCCS(=O)(=O)O. The van der Waals surface area contributed by atoms with Gasteiger partial charge in [0, 0.05) is 12.3 Å². The fourth-order valence-electron chi connectivity index (χ4n) is 4.76. The highest BCUT2D eigenvalue weighted by Crippen LogP contribution is 2.28. The van der Waals surface area contributed by atoms with Crippen LogP contribution in [0.1, 0.15) is 116 Å². The monoisotopic (exact) mass is 604 g/mol. The standard InChI is InChI=1S/C28H48N2O6S3/c1-2-3-4-5-6-7-8-9-10-11-12-13-14-17-22-37-28-29-26-20-19-25(39(34,35)36)24-27(26)30(28)21-16-15-18-23-38(31,32)33/h19-20,24H,2-18,21-23H2,1H3,(H,31,32,33)(H,34,35,36). The predicted molar refractivity (Wildman–Crippen MR) is 161 cm³/mol. The van der Waals surface area contributed by atoms with Crippen molar-refractivity contribution in [3.63, 3.8) is 0 Å². The molecule has 0 atom stereocenters. The van der Waals surface area contributed by atoms with Crippen LogP contribution in [-0.2, 0) is 26.8 Å². The van der Waals surface area contributed by atoms with Crippen LogP contribution >= 0.6 is 11.8 Å². The molecule has 2 N–H and O–H groups in total. The maximum absolute atomic E-state index is 11.7. The molecule has 1 aromatic heterocycles. The second-order valence-corrected chi connectivity index (χ2v) is 14.5. The Labute approximate surface area is 240 Å². The van der Waals surface area contributed by atoms with Gasteiger partial charge in [-0.25, -0.2) is 4.98 Å². The Morgan fingerprint density at radius 2 is 1.28 bits per heavy atom. The van der Waals surface area contributed by atoms with Crippen molar-refractivity contribution < 1.29 is 25.9 Å². The van der Waals surface area contributed by atoms with Gasteiger partial charge in [0.1, 0.15) is 0 Å². The molecule has 8 nitrogen and oxygen atoms in total. The molecule has 1 heterocycles. The first-order chi connectivity index (χ1) is 18.6. The Morgan fingerprint density at radius 3 is 1.82 bits per heavy atom. The van der Waals surface area contributed by atoms with E-state index in [9.17, 15) is 21.4 Å². The van der Waals surface area contributed by atoms with Gasteiger partial charge in [0.2, 0.25) is 0 Å². The van der Waals surface area contributed by atoms with E-state index in [1.807, 2.05) is 4.57 Å². The third-order valence-electron chi connectivity index (χ3n) is 7.00. The number of thioether (sulfide) groups is 1. The molecule has 11 heteroatoms. The van der Waals surface area contributed by atoms with Crippen LogP contribution in [-0.4, -0.2) is 47.0 Å². The molecule has 0 saturated heterocycles. The lowest BCUT2D eigenvalue weighted by Gasteiger charge is -2.09. The van der Waals surface area contributed by atoms with Crippen molar-refractivity contribution in [3.05, 3.63) is 18.2 Å². The van der Waals surface area contributed by atoms with Gasteiger partial charge in [0.05, 0.1) is 21.7 Å². The first-order valence-electron chi connectivity index (χ1n) is 14.7. The summed E-state index contributed by atoms with van der Waals surface area (Å²) in [6.45, 7) is 2.80. The molecule has 0 aliphatic heterocycles. The van der Waals surface area contributed by atoms with Gasteiger partial charge in [-0.3, -0.25) is 9.11 Å². The highest BCUT2D eigenvalue weighted by Gasteiger charge is 2.16. The molecule has 0 unspecified atom stereocenters. The van der Waals surface area contributed by atoms with Crippen LogP contribution in [0.3, 0.4) is 0 Å². The van der Waals surface area contributed by atoms with Gasteiger partial charge in [0.15, 0.2) is 5.16 Å². The zero-order valence-electron chi connectivity index (χ0n) is 23.5. The van der Waals surface area contributed by atoms with Crippen molar-refractivity contribution in [1.29, 1.82) is 0 Å². The van der Waals surface area contributed by atoms with Gasteiger partial charge in [-0.05, 0) is 37.5 Å². The van der Waals surface area contributed by atoms with Crippen molar-refractivity contribution in [1.82, 2.24) is 9.55 Å². The molecule has 0 aliphatic rings. The first-order valence-corrected chi connectivity index (χ1v) is 18.7. The van der Waals surface area contributed by atoms with Crippen LogP contribution < -0.4 is 0 Å². The van der Waals surface area contributed by atoms with E-state index in [2.05, 4.69) is 6.92 Å². The minimum Gasteiger partial charge on any atom is -0.319 e. The fraction of sp³-hybridized carbons (Fsp3) is 0.750. The molecule has 0 spiro atoms. The van der Waals surface area contributed by atoms with Crippen LogP contribution in [0.5, 0.6) is 0 Å². The van der Waals surface area contributed by atoms with Gasteiger partial charge in [-0.15, -0.1) is 0 Å². The van der Waals surface area contributed by atoms with Crippen molar-refractivity contribution in [2.45, 2.75) is 133 Å². The maximum atomic E-state index is 11.7. The lowest BCUT2D eigenvalue weighted by molar-refractivity contribution is 0.477. The van der Waals surface area contributed by atoms with Gasteiger partial charge in [-0.1, -0.05) is 109 Å². The third-order valence-corrected chi connectivity index (χ3v) is 9.71. The van der Waals surface area contributed by atoms with E-state index >= 15 is 0 Å². The molecule has 2 aromatic rings. The fourth-order valence-corrected chi connectivity index (χ4v) is 6.87. The summed E-state index contributed by atoms with van der Waals surface area (Å²) in [5, 5.41) is 0.793. The van der Waals surface area contributed by atoms with Gasteiger partial charge >= 0.3 is 0 Å². The zero-order valence-corrected chi connectivity index (χ0v) is 26.0. The Balaban J connectivity index is 1.75. The average molecular weight is 605 g/mol. The highest BCUT2D eigenvalue weighted by molar-refractivity contribution is 7.99. The number of hydrogen-bond acceptors (Lipinski definition) is 6. The summed E-state index contributed by atoms with van der Waals surface area (Å²) in [5.74, 6) is 0.639. The summed E-state index contributed by atoms with van der Waals surface area (Å²) in [7, 11) is -8.31. The third kappa shape index (κ3) is 14.4. The maximum Gasteiger partial charge on any atom is 0.294 e. The van der Waals surface area contributed by atoms with Crippen LogP contribution in [0, 0.1) is 0 Å². The Bertz CT molecular complexity index is 1180. The molecule has 0 amide bonds. The quantitative estimate of drug-likeness (QED) is 0.0744. The average Bonchev–Trinajstić information content (AvgIpc) is 3.21. The van der Waals surface area contributed by atoms with Crippen LogP contribution in [0.25, 0.3) is 11.0 Å². The molecule has 2 rings (SSSR count). The predicted octanol–water partition coefficient (Wildman–Crippen LogP) is 7.91. The Hall–Kier alpha value is -1.14. The van der Waals surface area contributed by atoms with E-state index in [4.69, 9.17) is 9.54 Å². The molecule has 0 fully saturated rings. The largest absolute Gasteiger partial charge is 0.319 e. The number of imidazole rings is 1. The molecule has 0 aliphatic carbocycles. The number of aryl methyl sites for hydroxylation is 1. The molecule has 0 saturated carbocycles. The molecular weight excluding hydrogens is 557 g/mol. The molecule has 0 radical (unpaired) electrons. The molecule has 224 valence electrons. The summed E-state index contributed by atoms with van der Waals surface area (Å²) < 4.78 is 65.6. The first kappa shape index (κ1) is 34.1. The minimum atomic E-state index is -4.33. The molecule has 39 heavy (non-hydrogen) atoms. The number of hydrogen-bond donors (Lipinski definition) is 2. The van der Waals surface area contributed by atoms with E-state index in [0.29, 0.717) is 36.8 Å². The van der Waals surface area contributed by atoms with Crippen LogP contribution in [0.15, 0.2) is 28.3 Å². The number of nitrogens with zero attached hydrogens (tertiary/aromatic N) is 2. The minimum absolute atomic E-state index is 0.175. The number of aromatic nitrogens is 2. The number of fused-ring (bicyclic) bond motifs is 1. The molecule has 1 aromatic carbocycles. The summed E-state index contributed by atoms with van der Waals surface area (Å²) in [6, 6.07) is 4.39. The van der Waals surface area contributed by atoms with E-state index in [-0.39, 0.29) is 10.6 Å². The van der Waals surface area contributed by atoms with Crippen molar-refractivity contribution in [2.75, 3.05) is 11.5 Å². The number of benzene rings is 1. The normalized spacial score (nSPS) is 12.5.